The van der Waals surface area contributed by atoms with Crippen LogP contribution in [0.3, 0.4) is 0 Å². The number of alkyl halides is 1. The summed E-state index contributed by atoms with van der Waals surface area (Å²) in [6.07, 6.45) is 2.65. The largest absolute Gasteiger partial charge is 0.294 e. The van der Waals surface area contributed by atoms with Crippen LogP contribution in [0, 0.1) is 11.8 Å². The Morgan fingerprint density at radius 3 is 2.06 bits per heavy atom. The molecule has 1 rings (SSSR count). The maximum atomic E-state index is 3.54. The molecular weight excluding hydrogens is 323 g/mol. The molecule has 1 fully saturated rings. The van der Waals surface area contributed by atoms with Crippen molar-refractivity contribution in [1.29, 1.82) is 0 Å². The van der Waals surface area contributed by atoms with Crippen LogP contribution in [-0.2, 0) is 0 Å². The SMILES string of the molecule is CN(C)C(C)(C)C#CC(C)(CI)N1CCCC1. The zero-order chi connectivity index (χ0) is 13.1. The summed E-state index contributed by atoms with van der Waals surface area (Å²) in [5, 5.41) is 0. The van der Waals surface area contributed by atoms with Gasteiger partial charge in [0.1, 0.15) is 0 Å². The van der Waals surface area contributed by atoms with Crippen molar-refractivity contribution in [3.8, 4) is 11.8 Å². The molecule has 0 aliphatic carbocycles. The molecule has 0 aromatic heterocycles. The average molecular weight is 348 g/mol. The van der Waals surface area contributed by atoms with Gasteiger partial charge in [-0.1, -0.05) is 34.4 Å². The molecule has 0 amide bonds. The lowest BCUT2D eigenvalue weighted by atomic mass is 9.99. The molecule has 0 saturated carbocycles. The highest BCUT2D eigenvalue weighted by Gasteiger charge is 2.31. The van der Waals surface area contributed by atoms with Crippen molar-refractivity contribution in [3.05, 3.63) is 0 Å². The fraction of sp³-hybridized carbons (Fsp3) is 0.857. The van der Waals surface area contributed by atoms with E-state index in [1.165, 1.54) is 25.9 Å². The maximum absolute atomic E-state index is 3.54. The number of hydrogen-bond donors (Lipinski definition) is 0. The molecule has 0 N–H and O–H groups in total. The number of likely N-dealkylation sites (tertiary alicyclic amines) is 1. The molecule has 1 atom stereocenters. The van der Waals surface area contributed by atoms with Gasteiger partial charge in [-0.2, -0.15) is 0 Å². The quantitative estimate of drug-likeness (QED) is 0.440. The molecule has 98 valence electrons. The smallest absolute Gasteiger partial charge is 0.0888 e. The molecule has 1 heterocycles. The standard InChI is InChI=1S/C14H25IN2/c1-13(2,16(4)5)8-9-14(3,12-15)17-10-6-7-11-17/h6-7,10-12H2,1-5H3. The Bertz CT molecular complexity index is 308. The highest BCUT2D eigenvalue weighted by molar-refractivity contribution is 14.1. The third-order valence-electron chi connectivity index (χ3n) is 3.82. The highest BCUT2D eigenvalue weighted by atomic mass is 127. The van der Waals surface area contributed by atoms with Crippen molar-refractivity contribution < 1.29 is 0 Å². The van der Waals surface area contributed by atoms with Crippen LogP contribution in [0.5, 0.6) is 0 Å². The van der Waals surface area contributed by atoms with E-state index in [-0.39, 0.29) is 11.1 Å². The Morgan fingerprint density at radius 2 is 1.65 bits per heavy atom. The zero-order valence-corrected chi connectivity index (χ0v) is 14.0. The van der Waals surface area contributed by atoms with Crippen LogP contribution < -0.4 is 0 Å². The van der Waals surface area contributed by atoms with Gasteiger partial charge in [-0.05, 0) is 60.8 Å². The minimum absolute atomic E-state index is 0.0460. The number of hydrogen-bond acceptors (Lipinski definition) is 2. The van der Waals surface area contributed by atoms with E-state index in [1.54, 1.807) is 0 Å². The van der Waals surface area contributed by atoms with Gasteiger partial charge in [0.15, 0.2) is 0 Å². The Kier molecular flexibility index (Phi) is 5.30. The van der Waals surface area contributed by atoms with E-state index >= 15 is 0 Å². The molecule has 1 saturated heterocycles. The number of nitrogens with zero attached hydrogens (tertiary/aromatic N) is 2. The van der Waals surface area contributed by atoms with Gasteiger partial charge in [-0.3, -0.25) is 9.80 Å². The first kappa shape index (κ1) is 15.3. The molecule has 0 aromatic carbocycles. The van der Waals surface area contributed by atoms with Crippen LogP contribution in [0.25, 0.3) is 0 Å². The normalized spacial score (nSPS) is 21.1. The van der Waals surface area contributed by atoms with Gasteiger partial charge in [-0.15, -0.1) is 0 Å². The van der Waals surface area contributed by atoms with Crippen LogP contribution in [0.15, 0.2) is 0 Å². The van der Waals surface area contributed by atoms with Crippen LogP contribution in [0.4, 0.5) is 0 Å². The van der Waals surface area contributed by atoms with Gasteiger partial charge in [0.2, 0.25) is 0 Å². The van der Waals surface area contributed by atoms with E-state index in [0.717, 1.165) is 4.43 Å². The zero-order valence-electron chi connectivity index (χ0n) is 11.8. The molecular formula is C14H25IN2. The number of rotatable bonds is 3. The first-order valence-corrected chi connectivity index (χ1v) is 7.87. The monoisotopic (exact) mass is 348 g/mol. The molecule has 17 heavy (non-hydrogen) atoms. The predicted molar refractivity (Wildman–Crippen MR) is 83.6 cm³/mol. The molecule has 0 radical (unpaired) electrons. The summed E-state index contributed by atoms with van der Waals surface area (Å²) in [6.45, 7) is 9.05. The predicted octanol–water partition coefficient (Wildman–Crippen LogP) is 2.62. The Morgan fingerprint density at radius 1 is 1.12 bits per heavy atom. The lowest BCUT2D eigenvalue weighted by Crippen LogP contribution is -2.46. The molecule has 1 aliphatic heterocycles. The van der Waals surface area contributed by atoms with Gasteiger partial charge in [-0.25, -0.2) is 0 Å². The first-order chi connectivity index (χ1) is 7.82. The van der Waals surface area contributed by atoms with E-state index < -0.39 is 0 Å². The van der Waals surface area contributed by atoms with Crippen molar-refractivity contribution in [2.75, 3.05) is 31.6 Å². The summed E-state index contributed by atoms with van der Waals surface area (Å²) in [5.74, 6) is 6.99. The van der Waals surface area contributed by atoms with Crippen LogP contribution >= 0.6 is 22.6 Å². The van der Waals surface area contributed by atoms with Crippen LogP contribution in [0.1, 0.15) is 33.6 Å². The minimum Gasteiger partial charge on any atom is -0.294 e. The molecule has 1 unspecified atom stereocenters. The molecule has 1 aliphatic rings. The summed E-state index contributed by atoms with van der Waals surface area (Å²) >= 11 is 2.47. The second-order valence-corrected chi connectivity index (χ2v) is 6.57. The second kappa shape index (κ2) is 5.90. The van der Waals surface area contributed by atoms with Crippen LogP contribution in [-0.4, -0.2) is 52.5 Å². The molecule has 2 nitrogen and oxygen atoms in total. The van der Waals surface area contributed by atoms with Crippen molar-refractivity contribution in [2.45, 2.75) is 44.7 Å². The van der Waals surface area contributed by atoms with Gasteiger partial charge in [0, 0.05) is 4.43 Å². The van der Waals surface area contributed by atoms with Crippen LogP contribution in [0.2, 0.25) is 0 Å². The Labute approximate surface area is 120 Å². The third-order valence-corrected chi connectivity index (χ3v) is 5.31. The third kappa shape index (κ3) is 3.84. The summed E-state index contributed by atoms with van der Waals surface area (Å²) in [7, 11) is 4.18. The molecule has 0 bridgehead atoms. The first-order valence-electron chi connectivity index (χ1n) is 6.34. The minimum atomic E-state index is -0.0488. The van der Waals surface area contributed by atoms with E-state index in [2.05, 4.69) is 79.1 Å². The van der Waals surface area contributed by atoms with Crippen molar-refractivity contribution in [3.63, 3.8) is 0 Å². The summed E-state index contributed by atoms with van der Waals surface area (Å²) in [4.78, 5) is 4.72. The fourth-order valence-corrected chi connectivity index (χ4v) is 2.48. The fourth-order valence-electron chi connectivity index (χ4n) is 1.81. The van der Waals surface area contributed by atoms with E-state index in [4.69, 9.17) is 0 Å². The van der Waals surface area contributed by atoms with E-state index in [0.29, 0.717) is 0 Å². The maximum Gasteiger partial charge on any atom is 0.0888 e. The van der Waals surface area contributed by atoms with Gasteiger partial charge >= 0.3 is 0 Å². The lowest BCUT2D eigenvalue weighted by molar-refractivity contribution is 0.219. The Hall–Kier alpha value is 0.210. The summed E-state index contributed by atoms with van der Waals surface area (Å²) < 4.78 is 1.07. The molecule has 0 spiro atoms. The second-order valence-electron chi connectivity index (χ2n) is 5.81. The van der Waals surface area contributed by atoms with Gasteiger partial charge in [0.05, 0.1) is 11.1 Å². The lowest BCUT2D eigenvalue weighted by Gasteiger charge is -2.34. The summed E-state index contributed by atoms with van der Waals surface area (Å²) in [5.41, 5.74) is -0.00284. The average Bonchev–Trinajstić information content (AvgIpc) is 2.79. The van der Waals surface area contributed by atoms with E-state index in [9.17, 15) is 0 Å². The van der Waals surface area contributed by atoms with Crippen molar-refractivity contribution in [2.24, 2.45) is 0 Å². The van der Waals surface area contributed by atoms with Gasteiger partial charge in [0.25, 0.3) is 0 Å². The van der Waals surface area contributed by atoms with Gasteiger partial charge < -0.3 is 0 Å². The highest BCUT2D eigenvalue weighted by Crippen LogP contribution is 2.23. The molecule has 0 aromatic rings. The van der Waals surface area contributed by atoms with Crippen molar-refractivity contribution in [1.82, 2.24) is 9.80 Å². The van der Waals surface area contributed by atoms with E-state index in [1.807, 2.05) is 0 Å². The number of halogens is 1. The van der Waals surface area contributed by atoms with Crippen molar-refractivity contribution >= 4 is 22.6 Å². The topological polar surface area (TPSA) is 6.48 Å². The Balaban J connectivity index is 2.85. The molecule has 3 heteroatoms. The summed E-state index contributed by atoms with van der Waals surface area (Å²) in [6, 6.07) is 0.